The van der Waals surface area contributed by atoms with Crippen LogP contribution in [0.2, 0.25) is 5.02 Å². The molecular weight excluding hydrogens is 468 g/mol. The number of aromatic nitrogens is 2. The van der Waals surface area contributed by atoms with Crippen molar-refractivity contribution in [1.82, 2.24) is 9.97 Å². The summed E-state index contributed by atoms with van der Waals surface area (Å²) in [5.41, 5.74) is 3.74. The van der Waals surface area contributed by atoms with Crippen molar-refractivity contribution in [1.29, 1.82) is 0 Å². The Balaban J connectivity index is 1.33. The highest BCUT2D eigenvalue weighted by Gasteiger charge is 2.34. The topological polar surface area (TPSA) is 94.6 Å². The summed E-state index contributed by atoms with van der Waals surface area (Å²) in [7, 11) is 0. The zero-order valence-electron chi connectivity index (χ0n) is 19.7. The van der Waals surface area contributed by atoms with Crippen LogP contribution in [-0.4, -0.2) is 28.6 Å². The third kappa shape index (κ3) is 4.71. The van der Waals surface area contributed by atoms with Crippen molar-refractivity contribution in [2.45, 2.75) is 51.5 Å². The van der Waals surface area contributed by atoms with E-state index in [0.717, 1.165) is 40.4 Å². The van der Waals surface area contributed by atoms with E-state index >= 15 is 0 Å². The maximum Gasteiger partial charge on any atom is 0.303 e. The molecule has 0 saturated carbocycles. The van der Waals surface area contributed by atoms with Crippen molar-refractivity contribution in [3.05, 3.63) is 70.8 Å². The minimum atomic E-state index is -0.392. The summed E-state index contributed by atoms with van der Waals surface area (Å²) in [6.45, 7) is 5.88. The predicted octanol–water partition coefficient (Wildman–Crippen LogP) is 5.62. The predicted molar refractivity (Wildman–Crippen MR) is 133 cm³/mol. The van der Waals surface area contributed by atoms with E-state index < -0.39 is 6.10 Å². The molecule has 2 N–H and O–H groups in total. The fraction of sp³-hybridized carbons (Fsp3) is 0.346. The molecule has 0 spiro atoms. The number of nitrogens with zero attached hydrogens (tertiary/aromatic N) is 2. The zero-order chi connectivity index (χ0) is 24.5. The van der Waals surface area contributed by atoms with Crippen molar-refractivity contribution >= 4 is 28.9 Å². The summed E-state index contributed by atoms with van der Waals surface area (Å²) in [5, 5.41) is 7.58. The summed E-state index contributed by atoms with van der Waals surface area (Å²) in [4.78, 5) is 20.2. The van der Waals surface area contributed by atoms with Crippen LogP contribution in [-0.2, 0) is 9.53 Å². The molecule has 4 atom stereocenters. The van der Waals surface area contributed by atoms with Gasteiger partial charge >= 0.3 is 5.97 Å². The van der Waals surface area contributed by atoms with Gasteiger partial charge in [-0.25, -0.2) is 9.97 Å². The summed E-state index contributed by atoms with van der Waals surface area (Å²) in [5.74, 6) is 1.90. The van der Waals surface area contributed by atoms with Gasteiger partial charge in [-0.3, -0.25) is 4.79 Å². The van der Waals surface area contributed by atoms with Gasteiger partial charge in [-0.2, -0.15) is 0 Å². The smallest absolute Gasteiger partial charge is 0.303 e. The van der Waals surface area contributed by atoms with Gasteiger partial charge in [0.1, 0.15) is 30.0 Å². The molecule has 1 aromatic heterocycles. The van der Waals surface area contributed by atoms with Crippen LogP contribution < -0.4 is 20.1 Å². The SMILES string of the molecule is CCC(Nc1cccc2c1OC[C@H]2Nc1ccc2c(c1)OC(C)[C@H]2OC(C)=O)c1ncc(Cl)cn1. The van der Waals surface area contributed by atoms with E-state index in [2.05, 4.69) is 33.6 Å². The first-order valence-corrected chi connectivity index (χ1v) is 12.0. The number of halogens is 1. The Bertz CT molecular complexity index is 1240. The fourth-order valence-electron chi connectivity index (χ4n) is 4.53. The molecule has 0 bridgehead atoms. The zero-order valence-corrected chi connectivity index (χ0v) is 20.5. The lowest BCUT2D eigenvalue weighted by molar-refractivity contribution is -0.149. The van der Waals surface area contributed by atoms with Crippen molar-refractivity contribution in [3.8, 4) is 11.5 Å². The molecule has 35 heavy (non-hydrogen) atoms. The minimum Gasteiger partial charge on any atom is -0.489 e. The van der Waals surface area contributed by atoms with Gasteiger partial charge in [-0.1, -0.05) is 30.7 Å². The number of benzene rings is 2. The summed E-state index contributed by atoms with van der Waals surface area (Å²) < 4.78 is 17.5. The van der Waals surface area contributed by atoms with Crippen LogP contribution in [0.3, 0.4) is 0 Å². The molecule has 0 aliphatic carbocycles. The van der Waals surface area contributed by atoms with Crippen LogP contribution in [0.4, 0.5) is 11.4 Å². The Labute approximate surface area is 209 Å². The fourth-order valence-corrected chi connectivity index (χ4v) is 4.63. The van der Waals surface area contributed by atoms with E-state index in [-0.39, 0.29) is 24.2 Å². The summed E-state index contributed by atoms with van der Waals surface area (Å²) in [6.07, 6.45) is 3.39. The van der Waals surface area contributed by atoms with Gasteiger partial charge in [0.05, 0.1) is 22.8 Å². The van der Waals surface area contributed by atoms with Crippen LogP contribution in [0.25, 0.3) is 0 Å². The Morgan fingerprint density at radius 2 is 2.03 bits per heavy atom. The second-order valence-electron chi connectivity index (χ2n) is 8.70. The molecule has 2 aromatic carbocycles. The van der Waals surface area contributed by atoms with Crippen LogP contribution in [0.5, 0.6) is 11.5 Å². The maximum absolute atomic E-state index is 11.5. The number of esters is 1. The first-order chi connectivity index (χ1) is 16.9. The van der Waals surface area contributed by atoms with Crippen LogP contribution in [0.15, 0.2) is 48.8 Å². The molecule has 0 saturated heterocycles. The number of anilines is 2. The second kappa shape index (κ2) is 9.62. The van der Waals surface area contributed by atoms with E-state index in [1.165, 1.54) is 6.92 Å². The highest BCUT2D eigenvalue weighted by molar-refractivity contribution is 6.30. The Hall–Kier alpha value is -3.52. The molecule has 182 valence electrons. The number of carbonyl (C=O) groups is 1. The summed E-state index contributed by atoms with van der Waals surface area (Å²) in [6, 6.07) is 11.8. The Morgan fingerprint density at radius 1 is 1.23 bits per heavy atom. The molecule has 0 amide bonds. The number of para-hydroxylation sites is 1. The lowest BCUT2D eigenvalue weighted by Crippen LogP contribution is -2.18. The molecule has 8 nitrogen and oxygen atoms in total. The van der Waals surface area contributed by atoms with Gasteiger partial charge in [0.2, 0.25) is 0 Å². The van der Waals surface area contributed by atoms with Crippen LogP contribution >= 0.6 is 11.6 Å². The van der Waals surface area contributed by atoms with Crippen molar-refractivity contribution < 1.29 is 19.0 Å². The van der Waals surface area contributed by atoms with Crippen LogP contribution in [0.1, 0.15) is 62.3 Å². The molecule has 9 heteroatoms. The van der Waals surface area contributed by atoms with Crippen molar-refractivity contribution in [2.24, 2.45) is 0 Å². The number of ether oxygens (including phenoxy) is 3. The highest BCUT2D eigenvalue weighted by Crippen LogP contribution is 2.44. The van der Waals surface area contributed by atoms with Crippen LogP contribution in [0, 0.1) is 0 Å². The highest BCUT2D eigenvalue weighted by atomic mass is 35.5. The van der Waals surface area contributed by atoms with E-state index in [0.29, 0.717) is 17.5 Å². The number of hydrogen-bond donors (Lipinski definition) is 2. The van der Waals surface area contributed by atoms with Gasteiger partial charge in [0, 0.05) is 42.2 Å². The number of nitrogens with one attached hydrogen (secondary N) is 2. The lowest BCUT2D eigenvalue weighted by Gasteiger charge is -2.19. The largest absolute Gasteiger partial charge is 0.489 e. The first kappa shape index (κ1) is 23.2. The molecule has 2 aliphatic rings. The van der Waals surface area contributed by atoms with Gasteiger partial charge in [0.25, 0.3) is 0 Å². The lowest BCUT2D eigenvalue weighted by atomic mass is 10.0. The van der Waals surface area contributed by atoms with Crippen molar-refractivity contribution in [3.63, 3.8) is 0 Å². The molecule has 2 aliphatic heterocycles. The third-order valence-corrected chi connectivity index (χ3v) is 6.39. The van der Waals surface area contributed by atoms with Crippen molar-refractivity contribution in [2.75, 3.05) is 17.2 Å². The molecule has 3 heterocycles. The van der Waals surface area contributed by atoms with Gasteiger partial charge in [-0.05, 0) is 31.5 Å². The monoisotopic (exact) mass is 494 g/mol. The Kier molecular flexibility index (Phi) is 6.38. The number of carbonyl (C=O) groups excluding carboxylic acids is 1. The maximum atomic E-state index is 11.5. The third-order valence-electron chi connectivity index (χ3n) is 6.20. The van der Waals surface area contributed by atoms with Gasteiger partial charge < -0.3 is 24.8 Å². The standard InChI is InChI=1S/C26H27ClN4O4/c1-4-20(26-28-11-16(27)12-29-26)31-21-7-5-6-18-22(13-33-25(18)21)30-17-8-9-19-23(10-17)34-14(2)24(19)35-15(3)32/h5-12,14,20,22,24,30-31H,4,13H2,1-3H3/t14?,20?,22-,24-/m1/s1. The first-order valence-electron chi connectivity index (χ1n) is 11.7. The number of hydrogen-bond acceptors (Lipinski definition) is 8. The quantitative estimate of drug-likeness (QED) is 0.408. The average molecular weight is 495 g/mol. The normalized spacial score (nSPS) is 20.7. The number of rotatable bonds is 7. The Morgan fingerprint density at radius 3 is 2.77 bits per heavy atom. The van der Waals surface area contributed by atoms with E-state index in [9.17, 15) is 4.79 Å². The molecule has 5 rings (SSSR count). The minimum absolute atomic E-state index is 0.0280. The van der Waals surface area contributed by atoms with Gasteiger partial charge in [-0.15, -0.1) is 0 Å². The molecular formula is C26H27ClN4O4. The molecule has 0 radical (unpaired) electrons. The average Bonchev–Trinajstić information content (AvgIpc) is 3.38. The summed E-state index contributed by atoms with van der Waals surface area (Å²) >= 11 is 5.94. The number of fused-ring (bicyclic) bond motifs is 2. The molecule has 3 aromatic rings. The van der Waals surface area contributed by atoms with E-state index in [1.54, 1.807) is 12.4 Å². The van der Waals surface area contributed by atoms with Gasteiger partial charge in [0.15, 0.2) is 6.10 Å². The van der Waals surface area contributed by atoms with E-state index in [1.807, 2.05) is 37.3 Å². The van der Waals surface area contributed by atoms with E-state index in [4.69, 9.17) is 25.8 Å². The second-order valence-corrected chi connectivity index (χ2v) is 9.14. The molecule has 0 fully saturated rings. The molecule has 2 unspecified atom stereocenters.